The van der Waals surface area contributed by atoms with E-state index in [2.05, 4.69) is 4.74 Å². The van der Waals surface area contributed by atoms with Gasteiger partial charge in [0.25, 0.3) is 0 Å². The van der Waals surface area contributed by atoms with Crippen LogP contribution in [-0.2, 0) is 9.53 Å². The maximum atomic E-state index is 13.5. The second-order valence-corrected chi connectivity index (χ2v) is 4.48. The van der Waals surface area contributed by atoms with E-state index in [4.69, 9.17) is 5.73 Å². The minimum Gasteiger partial charge on any atom is -0.469 e. The van der Waals surface area contributed by atoms with Crippen molar-refractivity contribution in [3.05, 3.63) is 35.1 Å². The zero-order valence-corrected chi connectivity index (χ0v) is 10.3. The number of ether oxygens (including phenoxy) is 1. The molecule has 0 bridgehead atoms. The molecule has 1 rings (SSSR count). The molecule has 0 aliphatic rings. The number of benzene rings is 1. The molecule has 0 unspecified atom stereocenters. The van der Waals surface area contributed by atoms with Crippen molar-refractivity contribution in [1.29, 1.82) is 0 Å². The highest BCUT2D eigenvalue weighted by atomic mass is 19.2. The van der Waals surface area contributed by atoms with Crippen LogP contribution in [0.15, 0.2) is 12.1 Å². The van der Waals surface area contributed by atoms with Crippen LogP contribution >= 0.6 is 0 Å². The van der Waals surface area contributed by atoms with Gasteiger partial charge in [-0.05, 0) is 19.9 Å². The monoisotopic (exact) mass is 261 g/mol. The summed E-state index contributed by atoms with van der Waals surface area (Å²) in [4.78, 5) is 11.5. The summed E-state index contributed by atoms with van der Waals surface area (Å²) >= 11 is 0. The van der Waals surface area contributed by atoms with Crippen molar-refractivity contribution in [3.63, 3.8) is 0 Å². The Labute approximate surface area is 103 Å². The molecule has 0 saturated carbocycles. The van der Waals surface area contributed by atoms with Crippen molar-refractivity contribution in [1.82, 2.24) is 0 Å². The van der Waals surface area contributed by atoms with Gasteiger partial charge in [0, 0.05) is 17.7 Å². The zero-order chi connectivity index (χ0) is 14.1. The molecular weight excluding hydrogens is 247 g/mol. The highest BCUT2D eigenvalue weighted by Gasteiger charge is 2.38. The van der Waals surface area contributed by atoms with Crippen molar-refractivity contribution in [2.24, 2.45) is 11.1 Å². The number of carbonyl (C=O) groups excluding carboxylic acids is 1. The molecule has 3 nitrogen and oxygen atoms in total. The van der Waals surface area contributed by atoms with E-state index in [-0.39, 0.29) is 5.56 Å². The van der Waals surface area contributed by atoms with Gasteiger partial charge in [0.1, 0.15) is 5.82 Å². The van der Waals surface area contributed by atoms with Gasteiger partial charge in [-0.1, -0.05) is 0 Å². The summed E-state index contributed by atoms with van der Waals surface area (Å²) in [7, 11) is 1.17. The molecule has 0 spiro atoms. The van der Waals surface area contributed by atoms with E-state index in [1.807, 2.05) is 0 Å². The van der Waals surface area contributed by atoms with Crippen molar-refractivity contribution in [3.8, 4) is 0 Å². The van der Waals surface area contributed by atoms with Gasteiger partial charge in [0.05, 0.1) is 12.5 Å². The lowest BCUT2D eigenvalue weighted by Gasteiger charge is -2.29. The lowest BCUT2D eigenvalue weighted by molar-refractivity contribution is -0.152. The average Bonchev–Trinajstić information content (AvgIpc) is 2.31. The van der Waals surface area contributed by atoms with Crippen LogP contribution in [-0.4, -0.2) is 13.1 Å². The van der Waals surface area contributed by atoms with Crippen molar-refractivity contribution in [2.45, 2.75) is 19.9 Å². The summed E-state index contributed by atoms with van der Waals surface area (Å²) in [5, 5.41) is 0. The standard InChI is InChI=1S/C12H14F3NO2/c1-12(2,11(17)18-3)10(16)6-4-8(14)9(15)5-7(6)13/h4-5,10H,16H2,1-3H3/t10-/m1/s1. The quantitative estimate of drug-likeness (QED) is 0.671. The first-order valence-electron chi connectivity index (χ1n) is 5.20. The highest BCUT2D eigenvalue weighted by Crippen LogP contribution is 2.34. The van der Waals surface area contributed by atoms with Gasteiger partial charge in [0.2, 0.25) is 0 Å². The largest absolute Gasteiger partial charge is 0.469 e. The Morgan fingerprint density at radius 1 is 1.22 bits per heavy atom. The number of nitrogens with two attached hydrogens (primary N) is 1. The second kappa shape index (κ2) is 4.97. The second-order valence-electron chi connectivity index (χ2n) is 4.48. The molecule has 6 heteroatoms. The Balaban J connectivity index is 3.22. The first kappa shape index (κ1) is 14.5. The van der Waals surface area contributed by atoms with E-state index in [0.717, 1.165) is 0 Å². The molecule has 0 amide bonds. The highest BCUT2D eigenvalue weighted by molar-refractivity contribution is 5.77. The van der Waals surface area contributed by atoms with E-state index in [1.54, 1.807) is 0 Å². The molecule has 2 N–H and O–H groups in total. The number of hydrogen-bond donors (Lipinski definition) is 1. The Kier molecular flexibility index (Phi) is 4.01. The van der Waals surface area contributed by atoms with Crippen LogP contribution in [0.4, 0.5) is 13.2 Å². The third-order valence-corrected chi connectivity index (χ3v) is 2.86. The van der Waals surface area contributed by atoms with E-state index in [0.29, 0.717) is 12.1 Å². The molecular formula is C12H14F3NO2. The molecule has 0 saturated heterocycles. The van der Waals surface area contributed by atoms with Crippen LogP contribution < -0.4 is 5.73 Å². The molecule has 1 aromatic rings. The maximum absolute atomic E-state index is 13.5. The Morgan fingerprint density at radius 2 is 1.72 bits per heavy atom. The number of esters is 1. The molecule has 0 aromatic heterocycles. The number of methoxy groups -OCH3 is 1. The van der Waals surface area contributed by atoms with Crippen LogP contribution in [0, 0.1) is 22.9 Å². The predicted molar refractivity (Wildman–Crippen MR) is 59.0 cm³/mol. The first-order valence-corrected chi connectivity index (χ1v) is 5.20. The molecule has 0 fully saturated rings. The number of halogens is 3. The lowest BCUT2D eigenvalue weighted by Crippen LogP contribution is -2.38. The fraction of sp³-hybridized carbons (Fsp3) is 0.417. The summed E-state index contributed by atoms with van der Waals surface area (Å²) in [6, 6.07) is -0.0993. The number of hydrogen-bond acceptors (Lipinski definition) is 3. The Hall–Kier alpha value is -1.56. The van der Waals surface area contributed by atoms with Gasteiger partial charge in [-0.25, -0.2) is 13.2 Å². The van der Waals surface area contributed by atoms with E-state index < -0.39 is 34.9 Å². The zero-order valence-electron chi connectivity index (χ0n) is 10.3. The van der Waals surface area contributed by atoms with Gasteiger partial charge in [-0.3, -0.25) is 4.79 Å². The van der Waals surface area contributed by atoms with E-state index >= 15 is 0 Å². The van der Waals surface area contributed by atoms with E-state index in [1.165, 1.54) is 21.0 Å². The van der Waals surface area contributed by atoms with Crippen LogP contribution in [0.25, 0.3) is 0 Å². The molecule has 1 atom stereocenters. The van der Waals surface area contributed by atoms with Crippen LogP contribution in [0.3, 0.4) is 0 Å². The molecule has 0 radical (unpaired) electrons. The van der Waals surface area contributed by atoms with Crippen LogP contribution in [0.2, 0.25) is 0 Å². The van der Waals surface area contributed by atoms with Gasteiger partial charge in [0.15, 0.2) is 11.6 Å². The SMILES string of the molecule is COC(=O)C(C)(C)[C@H](N)c1cc(F)c(F)cc1F. The van der Waals surface area contributed by atoms with Crippen molar-refractivity contribution in [2.75, 3.05) is 7.11 Å². The minimum absolute atomic E-state index is 0.274. The Morgan fingerprint density at radius 3 is 2.22 bits per heavy atom. The summed E-state index contributed by atoms with van der Waals surface area (Å²) in [6.07, 6.45) is 0. The molecule has 0 aliphatic heterocycles. The lowest BCUT2D eigenvalue weighted by atomic mass is 9.81. The summed E-state index contributed by atoms with van der Waals surface area (Å²) in [5.74, 6) is -4.20. The first-order chi connectivity index (χ1) is 8.21. The molecule has 0 aliphatic carbocycles. The summed E-state index contributed by atoms with van der Waals surface area (Å²) in [5.41, 5.74) is 4.20. The summed E-state index contributed by atoms with van der Waals surface area (Å²) < 4.78 is 44.0. The van der Waals surface area contributed by atoms with Gasteiger partial charge >= 0.3 is 5.97 Å². The third kappa shape index (κ3) is 2.48. The predicted octanol–water partition coefficient (Wildman–Crippen LogP) is 2.30. The van der Waals surface area contributed by atoms with Gasteiger partial charge < -0.3 is 10.5 Å². The fourth-order valence-corrected chi connectivity index (χ4v) is 1.56. The maximum Gasteiger partial charge on any atom is 0.313 e. The van der Waals surface area contributed by atoms with Gasteiger partial charge in [-0.15, -0.1) is 0 Å². The number of carbonyl (C=O) groups is 1. The molecule has 1 aromatic carbocycles. The smallest absolute Gasteiger partial charge is 0.313 e. The van der Waals surface area contributed by atoms with Crippen molar-refractivity contribution >= 4 is 5.97 Å². The van der Waals surface area contributed by atoms with Crippen molar-refractivity contribution < 1.29 is 22.7 Å². The van der Waals surface area contributed by atoms with E-state index in [9.17, 15) is 18.0 Å². The molecule has 0 heterocycles. The van der Waals surface area contributed by atoms with Gasteiger partial charge in [-0.2, -0.15) is 0 Å². The fourth-order valence-electron chi connectivity index (χ4n) is 1.56. The third-order valence-electron chi connectivity index (χ3n) is 2.86. The number of rotatable bonds is 3. The normalized spacial score (nSPS) is 13.3. The van der Waals surface area contributed by atoms with Crippen LogP contribution in [0.5, 0.6) is 0 Å². The Bertz CT molecular complexity index is 475. The molecule has 100 valence electrons. The topological polar surface area (TPSA) is 52.3 Å². The average molecular weight is 261 g/mol. The minimum atomic E-state index is -1.31. The van der Waals surface area contributed by atoms with Crippen LogP contribution in [0.1, 0.15) is 25.5 Å². The molecule has 18 heavy (non-hydrogen) atoms. The summed E-state index contributed by atoms with van der Waals surface area (Å²) in [6.45, 7) is 2.87.